The van der Waals surface area contributed by atoms with Gasteiger partial charge in [0.25, 0.3) is 5.91 Å². The summed E-state index contributed by atoms with van der Waals surface area (Å²) in [6.07, 6.45) is 6.85. The first-order chi connectivity index (χ1) is 14.1. The molecule has 2 unspecified atom stereocenters. The molecule has 7 rings (SSSR count). The minimum absolute atomic E-state index is 0.0237. The largest absolute Gasteiger partial charge is 0.371 e. The van der Waals surface area contributed by atoms with Crippen LogP contribution in [-0.4, -0.2) is 60.8 Å². The van der Waals surface area contributed by atoms with Gasteiger partial charge in [-0.05, 0) is 24.3 Å². The zero-order chi connectivity index (χ0) is 19.5. The molecule has 1 amide bonds. The molecule has 2 atom stereocenters. The minimum Gasteiger partial charge on any atom is -0.371 e. The Morgan fingerprint density at radius 2 is 1.93 bits per heavy atom. The molecule has 0 saturated carbocycles. The van der Waals surface area contributed by atoms with Crippen molar-refractivity contribution in [2.24, 2.45) is 7.05 Å². The molecule has 1 aromatic carbocycles. The van der Waals surface area contributed by atoms with Crippen LogP contribution in [0.15, 0.2) is 42.9 Å². The zero-order valence-electron chi connectivity index (χ0n) is 15.8. The molecule has 0 spiro atoms. The number of amides is 1. The van der Waals surface area contributed by atoms with Crippen molar-refractivity contribution in [3.05, 3.63) is 48.4 Å². The monoisotopic (exact) mass is 386 g/mol. The topological polar surface area (TPSA) is 86.0 Å². The van der Waals surface area contributed by atoms with E-state index in [4.69, 9.17) is 9.72 Å². The number of rotatable bonds is 2. The third-order valence-electron chi connectivity index (χ3n) is 5.60. The van der Waals surface area contributed by atoms with Gasteiger partial charge in [0.1, 0.15) is 0 Å². The van der Waals surface area contributed by atoms with Crippen LogP contribution >= 0.6 is 0 Å². The van der Waals surface area contributed by atoms with Gasteiger partial charge in [-0.1, -0.05) is 0 Å². The van der Waals surface area contributed by atoms with Crippen LogP contribution in [0, 0.1) is 0 Å². The summed E-state index contributed by atoms with van der Waals surface area (Å²) in [5, 5.41) is 5.25. The number of fused-ring (bicyclic) bond motifs is 4. The van der Waals surface area contributed by atoms with E-state index in [0.29, 0.717) is 35.5 Å². The Labute approximate surface area is 166 Å². The second-order valence-corrected chi connectivity index (χ2v) is 7.72. The first-order valence-electron chi connectivity index (χ1n) is 9.64. The molecule has 3 aromatic heterocycles. The molecular weight excluding hydrogens is 368 g/mol. The number of carbonyl (C=O) groups is 1. The summed E-state index contributed by atoms with van der Waals surface area (Å²) in [6, 6.07) is 7.50. The highest BCUT2D eigenvalue weighted by atomic mass is 16.5. The zero-order valence-corrected chi connectivity index (χ0v) is 15.8. The number of nitrogens with zero attached hydrogens (tertiary/aromatic N) is 6. The molecule has 3 aliphatic rings. The third kappa shape index (κ3) is 2.75. The van der Waals surface area contributed by atoms with Crippen LogP contribution in [0.1, 0.15) is 16.8 Å². The van der Waals surface area contributed by atoms with Gasteiger partial charge in [-0.15, -0.1) is 0 Å². The van der Waals surface area contributed by atoms with Crippen molar-refractivity contribution in [3.63, 3.8) is 0 Å². The molecular formula is C21H18N6O2. The molecule has 0 aliphatic carbocycles. The number of morpholine rings is 1. The van der Waals surface area contributed by atoms with Crippen molar-refractivity contribution in [3.8, 4) is 11.3 Å². The van der Waals surface area contributed by atoms with E-state index in [1.54, 1.807) is 17.1 Å². The maximum atomic E-state index is 12.9. The van der Waals surface area contributed by atoms with Gasteiger partial charge < -0.3 is 9.64 Å². The van der Waals surface area contributed by atoms with Crippen LogP contribution in [0.4, 0.5) is 0 Å². The highest BCUT2D eigenvalue weighted by molar-refractivity contribution is 5.97. The van der Waals surface area contributed by atoms with Gasteiger partial charge in [0, 0.05) is 55.5 Å². The molecule has 6 heterocycles. The number of aryl methyl sites for hydroxylation is 1. The lowest BCUT2D eigenvalue weighted by molar-refractivity contribution is -0.171. The average Bonchev–Trinajstić information content (AvgIpc) is 3.11. The van der Waals surface area contributed by atoms with Gasteiger partial charge in [0.15, 0.2) is 5.65 Å². The Morgan fingerprint density at radius 1 is 1.10 bits per heavy atom. The lowest BCUT2D eigenvalue weighted by Gasteiger charge is -2.47. The molecule has 3 aliphatic heterocycles. The summed E-state index contributed by atoms with van der Waals surface area (Å²) in [6.45, 7) is 1.33. The summed E-state index contributed by atoms with van der Waals surface area (Å²) in [5.74, 6) is 0.0237. The Kier molecular flexibility index (Phi) is 3.45. The summed E-state index contributed by atoms with van der Waals surface area (Å²) < 4.78 is 7.37. The second kappa shape index (κ2) is 6.05. The average molecular weight is 386 g/mol. The number of carbonyl (C=O) groups excluding carboxylic acids is 1. The van der Waals surface area contributed by atoms with Crippen molar-refractivity contribution >= 4 is 28.0 Å². The fraction of sp³-hybridized carbons (Fsp3) is 0.286. The molecule has 8 nitrogen and oxygen atoms in total. The van der Waals surface area contributed by atoms with E-state index in [1.165, 1.54) is 0 Å². The number of benzene rings is 1. The van der Waals surface area contributed by atoms with Crippen molar-refractivity contribution in [1.82, 2.24) is 29.6 Å². The SMILES string of the molecule is Cn1cc2cc(-c3cnc4ccc(C(=O)N5CC6CC(C5)O6)cc4n3)cnc2n1. The number of hydrogen-bond acceptors (Lipinski definition) is 6. The lowest BCUT2D eigenvalue weighted by Crippen LogP contribution is -2.58. The van der Waals surface area contributed by atoms with Crippen molar-refractivity contribution in [2.75, 3.05) is 13.1 Å². The molecule has 8 heteroatoms. The highest BCUT2D eigenvalue weighted by Gasteiger charge is 2.40. The van der Waals surface area contributed by atoms with Gasteiger partial charge in [-0.3, -0.25) is 14.5 Å². The smallest absolute Gasteiger partial charge is 0.254 e. The molecule has 29 heavy (non-hydrogen) atoms. The van der Waals surface area contributed by atoms with Crippen LogP contribution in [0.25, 0.3) is 33.3 Å². The number of hydrogen-bond donors (Lipinski definition) is 0. The molecule has 3 saturated heterocycles. The Bertz CT molecular complexity index is 1270. The summed E-state index contributed by atoms with van der Waals surface area (Å²) in [5.41, 5.74) is 4.36. The second-order valence-electron chi connectivity index (χ2n) is 7.72. The van der Waals surface area contributed by atoms with E-state index in [9.17, 15) is 4.79 Å². The molecule has 2 bridgehead atoms. The third-order valence-corrected chi connectivity index (χ3v) is 5.60. The summed E-state index contributed by atoms with van der Waals surface area (Å²) >= 11 is 0. The van der Waals surface area contributed by atoms with Crippen LogP contribution in [0.3, 0.4) is 0 Å². The predicted octanol–water partition coefficient (Wildman–Crippen LogP) is 2.19. The Morgan fingerprint density at radius 3 is 2.76 bits per heavy atom. The van der Waals surface area contributed by atoms with Gasteiger partial charge in [-0.2, -0.15) is 5.10 Å². The van der Waals surface area contributed by atoms with E-state index >= 15 is 0 Å². The van der Waals surface area contributed by atoms with Crippen LogP contribution < -0.4 is 0 Å². The van der Waals surface area contributed by atoms with Crippen LogP contribution in [0.5, 0.6) is 0 Å². The van der Waals surface area contributed by atoms with Gasteiger partial charge in [0.05, 0.1) is 35.1 Å². The van der Waals surface area contributed by atoms with Gasteiger partial charge >= 0.3 is 0 Å². The van der Waals surface area contributed by atoms with E-state index in [-0.39, 0.29) is 18.1 Å². The number of pyridine rings is 1. The van der Waals surface area contributed by atoms with Crippen LogP contribution in [-0.2, 0) is 11.8 Å². The highest BCUT2D eigenvalue weighted by Crippen LogP contribution is 2.29. The minimum atomic E-state index is 0.0237. The fourth-order valence-corrected chi connectivity index (χ4v) is 4.16. The Balaban J connectivity index is 1.36. The van der Waals surface area contributed by atoms with E-state index < -0.39 is 0 Å². The normalized spacial score (nSPS) is 20.8. The molecule has 144 valence electrons. The molecule has 3 fully saturated rings. The molecule has 0 radical (unpaired) electrons. The standard InChI is InChI=1S/C21H18N6O2/c1-26-9-14-4-13(7-23-20(14)25-26)19-8-22-17-3-2-12(5-18(17)24-19)21(28)27-10-15-6-16(11-27)29-15/h2-5,7-9,15-16H,6,10-11H2,1H3. The maximum Gasteiger partial charge on any atom is 0.254 e. The van der Waals surface area contributed by atoms with Gasteiger partial charge in [0.2, 0.25) is 0 Å². The first kappa shape index (κ1) is 16.6. The van der Waals surface area contributed by atoms with E-state index in [1.807, 2.05) is 42.4 Å². The van der Waals surface area contributed by atoms with Crippen LogP contribution in [0.2, 0.25) is 0 Å². The van der Waals surface area contributed by atoms with E-state index in [2.05, 4.69) is 15.1 Å². The quantitative estimate of drug-likeness (QED) is 0.525. The number of piperidine rings is 1. The number of ether oxygens (including phenoxy) is 1. The molecule has 0 N–H and O–H groups in total. The summed E-state index contributed by atoms with van der Waals surface area (Å²) in [4.78, 5) is 28.5. The lowest BCUT2D eigenvalue weighted by atomic mass is 9.98. The first-order valence-corrected chi connectivity index (χ1v) is 9.64. The van der Waals surface area contributed by atoms with Crippen molar-refractivity contribution in [1.29, 1.82) is 0 Å². The fourth-order valence-electron chi connectivity index (χ4n) is 4.16. The molecule has 4 aromatic rings. The number of aromatic nitrogens is 5. The van der Waals surface area contributed by atoms with E-state index in [0.717, 1.165) is 22.9 Å². The van der Waals surface area contributed by atoms with Gasteiger partial charge in [-0.25, -0.2) is 9.97 Å². The summed E-state index contributed by atoms with van der Waals surface area (Å²) in [7, 11) is 1.87. The van der Waals surface area contributed by atoms with Crippen molar-refractivity contribution in [2.45, 2.75) is 18.6 Å². The maximum absolute atomic E-state index is 12.9. The Hall–Kier alpha value is -3.39. The predicted molar refractivity (Wildman–Crippen MR) is 106 cm³/mol. The van der Waals surface area contributed by atoms with Crippen molar-refractivity contribution < 1.29 is 9.53 Å².